The SMILES string of the molecule is FC(F)(F)c1cccnc1OCCNc1cc(N2CCCCC2)ncn1. The molecule has 0 bridgehead atoms. The predicted molar refractivity (Wildman–Crippen MR) is 91.3 cm³/mol. The molecule has 0 aliphatic carbocycles. The summed E-state index contributed by atoms with van der Waals surface area (Å²) in [6.45, 7) is 2.27. The zero-order chi connectivity index (χ0) is 18.4. The van der Waals surface area contributed by atoms with E-state index in [1.54, 1.807) is 0 Å². The molecule has 1 N–H and O–H groups in total. The van der Waals surface area contributed by atoms with Gasteiger partial charge in [0.05, 0.1) is 6.54 Å². The van der Waals surface area contributed by atoms with Gasteiger partial charge in [-0.05, 0) is 31.4 Å². The maximum absolute atomic E-state index is 12.9. The van der Waals surface area contributed by atoms with Crippen LogP contribution in [0.25, 0.3) is 0 Å². The minimum atomic E-state index is -4.49. The Labute approximate surface area is 149 Å². The van der Waals surface area contributed by atoms with Crippen LogP contribution in [0.3, 0.4) is 0 Å². The number of hydrogen-bond donors (Lipinski definition) is 1. The van der Waals surface area contributed by atoms with Crippen LogP contribution in [0.5, 0.6) is 5.88 Å². The number of hydrogen-bond acceptors (Lipinski definition) is 6. The van der Waals surface area contributed by atoms with Crippen molar-refractivity contribution in [3.8, 4) is 5.88 Å². The Morgan fingerprint density at radius 1 is 1.12 bits per heavy atom. The van der Waals surface area contributed by atoms with Crippen molar-refractivity contribution in [2.24, 2.45) is 0 Å². The smallest absolute Gasteiger partial charge is 0.421 e. The van der Waals surface area contributed by atoms with Gasteiger partial charge in [0.1, 0.15) is 30.1 Å². The first kappa shape index (κ1) is 18.2. The number of rotatable bonds is 6. The molecule has 0 radical (unpaired) electrons. The summed E-state index contributed by atoms with van der Waals surface area (Å²) in [7, 11) is 0. The van der Waals surface area contributed by atoms with Crippen molar-refractivity contribution in [3.05, 3.63) is 36.3 Å². The fourth-order valence-corrected chi connectivity index (χ4v) is 2.79. The van der Waals surface area contributed by atoms with E-state index in [9.17, 15) is 13.2 Å². The van der Waals surface area contributed by atoms with Gasteiger partial charge in [0, 0.05) is 25.4 Å². The summed E-state index contributed by atoms with van der Waals surface area (Å²) >= 11 is 0. The van der Waals surface area contributed by atoms with Crippen molar-refractivity contribution >= 4 is 11.6 Å². The second-order valence-electron chi connectivity index (χ2n) is 5.94. The van der Waals surface area contributed by atoms with Crippen LogP contribution in [-0.2, 0) is 6.18 Å². The molecule has 1 fully saturated rings. The van der Waals surface area contributed by atoms with E-state index < -0.39 is 17.6 Å². The van der Waals surface area contributed by atoms with Gasteiger partial charge in [0.15, 0.2) is 0 Å². The lowest BCUT2D eigenvalue weighted by Crippen LogP contribution is -2.30. The molecule has 1 aliphatic rings. The van der Waals surface area contributed by atoms with Crippen LogP contribution in [0, 0.1) is 0 Å². The van der Waals surface area contributed by atoms with E-state index in [4.69, 9.17) is 4.74 Å². The molecule has 0 unspecified atom stereocenters. The van der Waals surface area contributed by atoms with Gasteiger partial charge >= 0.3 is 6.18 Å². The zero-order valence-corrected chi connectivity index (χ0v) is 14.2. The van der Waals surface area contributed by atoms with Crippen molar-refractivity contribution in [3.63, 3.8) is 0 Å². The van der Waals surface area contributed by atoms with E-state index >= 15 is 0 Å². The molecule has 2 aromatic heterocycles. The van der Waals surface area contributed by atoms with Crippen LogP contribution < -0.4 is 15.0 Å². The molecule has 0 spiro atoms. The van der Waals surface area contributed by atoms with Crippen LogP contribution in [0.2, 0.25) is 0 Å². The molecule has 1 saturated heterocycles. The van der Waals surface area contributed by atoms with E-state index in [1.165, 1.54) is 25.0 Å². The van der Waals surface area contributed by atoms with Crippen LogP contribution in [0.4, 0.5) is 24.8 Å². The normalized spacial score (nSPS) is 15.0. The first-order valence-electron chi connectivity index (χ1n) is 8.50. The second-order valence-corrected chi connectivity index (χ2v) is 5.94. The van der Waals surface area contributed by atoms with E-state index in [1.807, 2.05) is 6.07 Å². The highest BCUT2D eigenvalue weighted by molar-refractivity contribution is 5.48. The van der Waals surface area contributed by atoms with Crippen LogP contribution in [0.15, 0.2) is 30.7 Å². The topological polar surface area (TPSA) is 63.2 Å². The molecule has 3 heterocycles. The number of ether oxygens (including phenoxy) is 1. The lowest BCUT2D eigenvalue weighted by atomic mass is 10.1. The van der Waals surface area contributed by atoms with Gasteiger partial charge in [-0.25, -0.2) is 15.0 Å². The fourth-order valence-electron chi connectivity index (χ4n) is 2.79. The lowest BCUT2D eigenvalue weighted by Gasteiger charge is -2.27. The van der Waals surface area contributed by atoms with Crippen molar-refractivity contribution in [2.75, 3.05) is 36.5 Å². The van der Waals surface area contributed by atoms with Gasteiger partial charge < -0.3 is 15.0 Å². The molecule has 9 heteroatoms. The minimum Gasteiger partial charge on any atom is -0.475 e. The van der Waals surface area contributed by atoms with Gasteiger partial charge in [0.25, 0.3) is 0 Å². The largest absolute Gasteiger partial charge is 0.475 e. The summed E-state index contributed by atoms with van der Waals surface area (Å²) in [5, 5.41) is 3.04. The first-order valence-corrected chi connectivity index (χ1v) is 8.50. The maximum Gasteiger partial charge on any atom is 0.421 e. The highest BCUT2D eigenvalue weighted by Crippen LogP contribution is 2.34. The average Bonchev–Trinajstić information content (AvgIpc) is 2.66. The van der Waals surface area contributed by atoms with E-state index in [-0.39, 0.29) is 6.61 Å². The number of aromatic nitrogens is 3. The fraction of sp³-hybridized carbons (Fsp3) is 0.471. The number of anilines is 2. The summed E-state index contributed by atoms with van der Waals surface area (Å²) in [4.78, 5) is 14.3. The molecule has 1 aliphatic heterocycles. The zero-order valence-electron chi connectivity index (χ0n) is 14.2. The molecular formula is C17H20F3N5O. The molecule has 26 heavy (non-hydrogen) atoms. The third-order valence-electron chi connectivity index (χ3n) is 4.06. The number of piperidine rings is 1. The van der Waals surface area contributed by atoms with E-state index in [0.717, 1.165) is 37.8 Å². The van der Waals surface area contributed by atoms with E-state index in [0.29, 0.717) is 12.4 Å². The van der Waals surface area contributed by atoms with Crippen LogP contribution in [0.1, 0.15) is 24.8 Å². The van der Waals surface area contributed by atoms with Gasteiger partial charge in [0.2, 0.25) is 5.88 Å². The highest BCUT2D eigenvalue weighted by atomic mass is 19.4. The predicted octanol–water partition coefficient (Wildman–Crippen LogP) is 3.37. The molecule has 0 amide bonds. The molecular weight excluding hydrogens is 347 g/mol. The molecule has 0 atom stereocenters. The molecule has 0 saturated carbocycles. The number of nitrogens with zero attached hydrogens (tertiary/aromatic N) is 4. The number of pyridine rings is 1. The Morgan fingerprint density at radius 3 is 2.69 bits per heavy atom. The summed E-state index contributed by atoms with van der Waals surface area (Å²) in [5.41, 5.74) is -0.880. The van der Waals surface area contributed by atoms with Crippen molar-refractivity contribution in [1.82, 2.24) is 15.0 Å². The first-order chi connectivity index (χ1) is 12.5. The van der Waals surface area contributed by atoms with Gasteiger partial charge in [-0.2, -0.15) is 13.2 Å². The molecule has 3 rings (SSSR count). The second kappa shape index (κ2) is 8.20. The number of halogens is 3. The number of alkyl halides is 3. The third-order valence-corrected chi connectivity index (χ3v) is 4.06. The Kier molecular flexibility index (Phi) is 5.75. The minimum absolute atomic E-state index is 0.0309. The van der Waals surface area contributed by atoms with Gasteiger partial charge in [-0.15, -0.1) is 0 Å². The van der Waals surface area contributed by atoms with Crippen molar-refractivity contribution in [1.29, 1.82) is 0 Å². The van der Waals surface area contributed by atoms with Crippen molar-refractivity contribution < 1.29 is 17.9 Å². The Hall–Kier alpha value is -2.58. The standard InChI is InChI=1S/C17H20F3N5O/c18-17(19,20)13-5-4-6-22-16(13)26-10-7-21-14-11-15(24-12-23-14)25-8-2-1-3-9-25/h4-6,11-12H,1-3,7-10H2,(H,21,23,24). The quantitative estimate of drug-likeness (QED) is 0.790. The highest BCUT2D eigenvalue weighted by Gasteiger charge is 2.34. The third kappa shape index (κ3) is 4.74. The average molecular weight is 367 g/mol. The number of nitrogens with one attached hydrogen (secondary N) is 1. The molecule has 140 valence electrons. The molecule has 2 aromatic rings. The Morgan fingerprint density at radius 2 is 1.92 bits per heavy atom. The van der Waals surface area contributed by atoms with Crippen LogP contribution >= 0.6 is 0 Å². The monoisotopic (exact) mass is 367 g/mol. The summed E-state index contributed by atoms with van der Waals surface area (Å²) in [5.74, 6) is 1.05. The molecule has 0 aromatic carbocycles. The van der Waals surface area contributed by atoms with E-state index in [2.05, 4.69) is 25.2 Å². The van der Waals surface area contributed by atoms with Gasteiger partial charge in [-0.1, -0.05) is 0 Å². The lowest BCUT2D eigenvalue weighted by molar-refractivity contribution is -0.139. The summed E-state index contributed by atoms with van der Waals surface area (Å²) in [6.07, 6.45) is 1.78. The summed E-state index contributed by atoms with van der Waals surface area (Å²) in [6, 6.07) is 4.02. The van der Waals surface area contributed by atoms with Gasteiger partial charge in [-0.3, -0.25) is 0 Å². The maximum atomic E-state index is 12.9. The van der Waals surface area contributed by atoms with Crippen molar-refractivity contribution in [2.45, 2.75) is 25.4 Å². The Balaban J connectivity index is 1.53. The Bertz CT molecular complexity index is 720. The van der Waals surface area contributed by atoms with Crippen LogP contribution in [-0.4, -0.2) is 41.2 Å². The summed E-state index contributed by atoms with van der Waals surface area (Å²) < 4.78 is 43.8. The molecule has 6 nitrogen and oxygen atoms in total.